The van der Waals surface area contributed by atoms with Gasteiger partial charge >= 0.3 is 0 Å². The van der Waals surface area contributed by atoms with E-state index >= 15 is 0 Å². The number of methoxy groups -OCH3 is 1. The minimum atomic E-state index is 0.583. The molecule has 1 aliphatic carbocycles. The van der Waals surface area contributed by atoms with Crippen LogP contribution in [0.15, 0.2) is 12.3 Å². The lowest BCUT2D eigenvalue weighted by atomic mass is 10.2. The van der Waals surface area contributed by atoms with Crippen LogP contribution >= 0.6 is 15.9 Å². The van der Waals surface area contributed by atoms with Crippen LogP contribution in [0.2, 0.25) is 0 Å². The van der Waals surface area contributed by atoms with Crippen molar-refractivity contribution in [1.29, 1.82) is 0 Å². The maximum Gasteiger partial charge on any atom is 0.228 e. The SMILES string of the molecule is COc1ccnc(N(CCBr)C2CCCC2)n1. The third-order valence-corrected chi connectivity index (χ3v) is 3.53. The summed E-state index contributed by atoms with van der Waals surface area (Å²) in [5.41, 5.74) is 0. The van der Waals surface area contributed by atoms with Gasteiger partial charge in [-0.1, -0.05) is 28.8 Å². The highest BCUT2D eigenvalue weighted by molar-refractivity contribution is 9.09. The van der Waals surface area contributed by atoms with Gasteiger partial charge in [0.25, 0.3) is 0 Å². The van der Waals surface area contributed by atoms with Gasteiger partial charge in [0, 0.05) is 30.2 Å². The molecule has 1 fully saturated rings. The van der Waals surface area contributed by atoms with E-state index in [-0.39, 0.29) is 0 Å². The molecule has 5 heteroatoms. The second-order valence-electron chi connectivity index (χ2n) is 4.22. The minimum Gasteiger partial charge on any atom is -0.481 e. The van der Waals surface area contributed by atoms with Gasteiger partial charge < -0.3 is 9.64 Å². The number of rotatable bonds is 5. The lowest BCUT2D eigenvalue weighted by molar-refractivity contribution is 0.396. The van der Waals surface area contributed by atoms with Gasteiger partial charge in [-0.15, -0.1) is 0 Å². The molecule has 0 aromatic carbocycles. The fourth-order valence-corrected chi connectivity index (χ4v) is 2.72. The van der Waals surface area contributed by atoms with Crippen LogP contribution in [0.25, 0.3) is 0 Å². The maximum atomic E-state index is 5.16. The van der Waals surface area contributed by atoms with E-state index < -0.39 is 0 Å². The van der Waals surface area contributed by atoms with Crippen molar-refractivity contribution in [3.8, 4) is 5.88 Å². The molecule has 2 rings (SSSR count). The molecular formula is C12H18BrN3O. The Morgan fingerprint density at radius 2 is 2.24 bits per heavy atom. The first kappa shape index (κ1) is 12.6. The van der Waals surface area contributed by atoms with Gasteiger partial charge in [-0.05, 0) is 12.8 Å². The van der Waals surface area contributed by atoms with Crippen LogP contribution in [0.1, 0.15) is 25.7 Å². The zero-order valence-electron chi connectivity index (χ0n) is 10.1. The van der Waals surface area contributed by atoms with Crippen molar-refractivity contribution < 1.29 is 4.74 Å². The molecule has 0 spiro atoms. The molecule has 1 aromatic heterocycles. The number of hydrogen-bond donors (Lipinski definition) is 0. The molecule has 1 aromatic rings. The van der Waals surface area contributed by atoms with Crippen molar-refractivity contribution >= 4 is 21.9 Å². The zero-order chi connectivity index (χ0) is 12.1. The third-order valence-electron chi connectivity index (χ3n) is 3.17. The van der Waals surface area contributed by atoms with Crippen LogP contribution < -0.4 is 9.64 Å². The number of halogens is 1. The van der Waals surface area contributed by atoms with E-state index in [1.165, 1.54) is 25.7 Å². The molecule has 94 valence electrons. The summed E-state index contributed by atoms with van der Waals surface area (Å²) in [5.74, 6) is 1.42. The molecule has 0 atom stereocenters. The summed E-state index contributed by atoms with van der Waals surface area (Å²) in [6.45, 7) is 0.942. The van der Waals surface area contributed by atoms with Crippen LogP contribution in [0, 0.1) is 0 Å². The number of hydrogen-bond acceptors (Lipinski definition) is 4. The zero-order valence-corrected chi connectivity index (χ0v) is 11.7. The molecule has 0 saturated heterocycles. The van der Waals surface area contributed by atoms with E-state index in [4.69, 9.17) is 4.74 Å². The Morgan fingerprint density at radius 3 is 2.88 bits per heavy atom. The molecule has 1 aliphatic rings. The van der Waals surface area contributed by atoms with Crippen LogP contribution in [-0.4, -0.2) is 35.0 Å². The minimum absolute atomic E-state index is 0.583. The molecule has 0 amide bonds. The van der Waals surface area contributed by atoms with Gasteiger partial charge in [-0.25, -0.2) is 4.98 Å². The highest BCUT2D eigenvalue weighted by Crippen LogP contribution is 2.26. The summed E-state index contributed by atoms with van der Waals surface area (Å²) >= 11 is 3.50. The Labute approximate surface area is 111 Å². The second-order valence-corrected chi connectivity index (χ2v) is 5.01. The van der Waals surface area contributed by atoms with Crippen molar-refractivity contribution in [3.05, 3.63) is 12.3 Å². The van der Waals surface area contributed by atoms with E-state index in [2.05, 4.69) is 30.8 Å². The van der Waals surface area contributed by atoms with Crippen molar-refractivity contribution in [2.75, 3.05) is 23.9 Å². The predicted octanol–water partition coefficient (Wildman–Crippen LogP) is 2.63. The van der Waals surface area contributed by atoms with Crippen molar-refractivity contribution in [1.82, 2.24) is 9.97 Å². The summed E-state index contributed by atoms with van der Waals surface area (Å²) in [7, 11) is 1.64. The number of alkyl halides is 1. The normalized spacial score (nSPS) is 16.1. The third kappa shape index (κ3) is 3.09. The highest BCUT2D eigenvalue weighted by Gasteiger charge is 2.24. The fraction of sp³-hybridized carbons (Fsp3) is 0.667. The van der Waals surface area contributed by atoms with E-state index in [1.54, 1.807) is 19.4 Å². The number of anilines is 1. The molecule has 0 radical (unpaired) electrons. The smallest absolute Gasteiger partial charge is 0.228 e. The quantitative estimate of drug-likeness (QED) is 0.784. The lowest BCUT2D eigenvalue weighted by Gasteiger charge is -2.28. The van der Waals surface area contributed by atoms with E-state index in [1.807, 2.05) is 0 Å². The van der Waals surface area contributed by atoms with Crippen LogP contribution in [0.4, 0.5) is 5.95 Å². The van der Waals surface area contributed by atoms with Crippen molar-refractivity contribution in [2.45, 2.75) is 31.7 Å². The lowest BCUT2D eigenvalue weighted by Crippen LogP contribution is -2.36. The summed E-state index contributed by atoms with van der Waals surface area (Å²) in [5, 5.41) is 0.935. The van der Waals surface area contributed by atoms with Crippen LogP contribution in [-0.2, 0) is 0 Å². The van der Waals surface area contributed by atoms with Crippen molar-refractivity contribution in [2.24, 2.45) is 0 Å². The largest absolute Gasteiger partial charge is 0.481 e. The van der Waals surface area contributed by atoms with Gasteiger partial charge in [-0.3, -0.25) is 0 Å². The van der Waals surface area contributed by atoms with Gasteiger partial charge in [-0.2, -0.15) is 4.98 Å². The molecular weight excluding hydrogens is 282 g/mol. The Balaban J connectivity index is 2.18. The predicted molar refractivity (Wildman–Crippen MR) is 72.0 cm³/mol. The Kier molecular flexibility index (Phi) is 4.59. The standard InChI is InChI=1S/C12H18BrN3O/c1-17-11-6-8-14-12(15-11)16(9-7-13)10-4-2-3-5-10/h6,8,10H,2-5,7,9H2,1H3. The highest BCUT2D eigenvalue weighted by atomic mass is 79.9. The molecule has 1 heterocycles. The van der Waals surface area contributed by atoms with Crippen LogP contribution in [0.5, 0.6) is 5.88 Å². The van der Waals surface area contributed by atoms with Crippen LogP contribution in [0.3, 0.4) is 0 Å². The van der Waals surface area contributed by atoms with Gasteiger partial charge in [0.15, 0.2) is 0 Å². The number of ether oxygens (including phenoxy) is 1. The van der Waals surface area contributed by atoms with E-state index in [9.17, 15) is 0 Å². The molecule has 0 aliphatic heterocycles. The summed E-state index contributed by atoms with van der Waals surface area (Å²) < 4.78 is 5.16. The topological polar surface area (TPSA) is 38.2 Å². The van der Waals surface area contributed by atoms with Gasteiger partial charge in [0.2, 0.25) is 11.8 Å². The first-order valence-electron chi connectivity index (χ1n) is 6.05. The van der Waals surface area contributed by atoms with Crippen molar-refractivity contribution in [3.63, 3.8) is 0 Å². The second kappa shape index (κ2) is 6.19. The summed E-state index contributed by atoms with van der Waals surface area (Å²) in [6.07, 6.45) is 6.87. The molecule has 1 saturated carbocycles. The molecule has 4 nitrogen and oxygen atoms in total. The average molecular weight is 300 g/mol. The molecule has 0 N–H and O–H groups in total. The van der Waals surface area contributed by atoms with E-state index in [0.29, 0.717) is 11.9 Å². The Hall–Kier alpha value is -0.840. The number of nitrogens with zero attached hydrogens (tertiary/aromatic N) is 3. The first-order chi connectivity index (χ1) is 8.35. The average Bonchev–Trinajstić information content (AvgIpc) is 2.89. The van der Waals surface area contributed by atoms with Gasteiger partial charge in [0.05, 0.1) is 7.11 Å². The molecule has 0 unspecified atom stereocenters. The molecule has 0 bridgehead atoms. The Morgan fingerprint density at radius 1 is 1.47 bits per heavy atom. The molecule has 17 heavy (non-hydrogen) atoms. The van der Waals surface area contributed by atoms with Gasteiger partial charge in [0.1, 0.15) is 0 Å². The first-order valence-corrected chi connectivity index (χ1v) is 7.17. The Bertz CT molecular complexity index is 355. The summed E-state index contributed by atoms with van der Waals surface area (Å²) in [6, 6.07) is 2.37. The maximum absolute atomic E-state index is 5.16. The number of aromatic nitrogens is 2. The monoisotopic (exact) mass is 299 g/mol. The van der Waals surface area contributed by atoms with E-state index in [0.717, 1.165) is 17.8 Å². The summed E-state index contributed by atoms with van der Waals surface area (Å²) in [4.78, 5) is 11.1. The fourth-order valence-electron chi connectivity index (χ4n) is 2.34.